The number of hydrogen-bond donors (Lipinski definition) is 3. The summed E-state index contributed by atoms with van der Waals surface area (Å²) in [7, 11) is 1.48. The number of nitrogens with zero attached hydrogens (tertiary/aromatic N) is 2. The monoisotopic (exact) mass is 229 g/mol. The van der Waals surface area contributed by atoms with E-state index in [1.807, 2.05) is 0 Å². The van der Waals surface area contributed by atoms with Crippen LogP contribution in [0.3, 0.4) is 0 Å². The summed E-state index contributed by atoms with van der Waals surface area (Å²) >= 11 is -2.06. The van der Waals surface area contributed by atoms with Crippen molar-refractivity contribution in [2.75, 3.05) is 11.4 Å². The van der Waals surface area contributed by atoms with Crippen LogP contribution in [0, 0.1) is 0 Å². The lowest BCUT2D eigenvalue weighted by molar-refractivity contribution is 0.318. The van der Waals surface area contributed by atoms with E-state index in [1.54, 1.807) is 24.3 Å². The molecule has 4 N–H and O–H groups in total. The standard InChI is InChI=1S/C8H11N3O3S/c1-11(15(13)14)7-4-2-6(3-5-7)8(9)10-12/h2-5,12H,1H3,(H2,9,10)(H,13,14). The molecule has 1 aromatic carbocycles. The van der Waals surface area contributed by atoms with E-state index in [9.17, 15) is 4.21 Å². The third-order valence-corrected chi connectivity index (χ3v) is 2.55. The summed E-state index contributed by atoms with van der Waals surface area (Å²) in [5.41, 5.74) is 6.46. The van der Waals surface area contributed by atoms with Crippen molar-refractivity contribution in [3.63, 3.8) is 0 Å². The Kier molecular flexibility index (Phi) is 3.64. The van der Waals surface area contributed by atoms with Crippen molar-refractivity contribution in [1.82, 2.24) is 0 Å². The van der Waals surface area contributed by atoms with Crippen LogP contribution in [-0.2, 0) is 11.3 Å². The molecular weight excluding hydrogens is 218 g/mol. The Labute approximate surface area is 89.4 Å². The van der Waals surface area contributed by atoms with Gasteiger partial charge in [0, 0.05) is 12.6 Å². The van der Waals surface area contributed by atoms with Gasteiger partial charge in [0.1, 0.15) is 0 Å². The number of hydrogen-bond acceptors (Lipinski definition) is 3. The van der Waals surface area contributed by atoms with Crippen LogP contribution in [0.1, 0.15) is 5.56 Å². The topological polar surface area (TPSA) is 99.1 Å². The normalized spacial score (nSPS) is 13.6. The van der Waals surface area contributed by atoms with Gasteiger partial charge in [-0.05, 0) is 24.3 Å². The van der Waals surface area contributed by atoms with Crippen molar-refractivity contribution in [1.29, 1.82) is 0 Å². The third-order valence-electron chi connectivity index (χ3n) is 1.87. The van der Waals surface area contributed by atoms with Gasteiger partial charge < -0.3 is 10.9 Å². The fourth-order valence-electron chi connectivity index (χ4n) is 0.990. The van der Waals surface area contributed by atoms with Crippen LogP contribution in [0.5, 0.6) is 0 Å². The van der Waals surface area contributed by atoms with E-state index >= 15 is 0 Å². The quantitative estimate of drug-likeness (QED) is 0.229. The van der Waals surface area contributed by atoms with Crippen LogP contribution in [0.15, 0.2) is 29.4 Å². The molecule has 0 radical (unpaired) electrons. The molecule has 0 heterocycles. The molecule has 0 bridgehead atoms. The van der Waals surface area contributed by atoms with Crippen molar-refractivity contribution in [3.8, 4) is 0 Å². The smallest absolute Gasteiger partial charge is 0.261 e. The van der Waals surface area contributed by atoms with Crippen LogP contribution in [0.25, 0.3) is 0 Å². The highest BCUT2D eigenvalue weighted by molar-refractivity contribution is 7.80. The first-order chi connectivity index (χ1) is 7.06. The molecule has 0 saturated heterocycles. The Bertz CT molecular complexity index is 391. The highest BCUT2D eigenvalue weighted by Gasteiger charge is 2.06. The number of nitrogens with two attached hydrogens (primary N) is 1. The lowest BCUT2D eigenvalue weighted by Gasteiger charge is -2.13. The van der Waals surface area contributed by atoms with Gasteiger partial charge in [0.15, 0.2) is 5.84 Å². The zero-order valence-electron chi connectivity index (χ0n) is 7.99. The van der Waals surface area contributed by atoms with Crippen LogP contribution in [0.2, 0.25) is 0 Å². The molecular formula is C8H11N3O3S. The van der Waals surface area contributed by atoms with Gasteiger partial charge in [0.05, 0.1) is 5.69 Å². The highest BCUT2D eigenvalue weighted by Crippen LogP contribution is 2.14. The second kappa shape index (κ2) is 4.76. The first-order valence-electron chi connectivity index (χ1n) is 3.99. The molecule has 1 atom stereocenters. The van der Waals surface area contributed by atoms with Crippen molar-refractivity contribution in [3.05, 3.63) is 29.8 Å². The van der Waals surface area contributed by atoms with Gasteiger partial charge in [-0.25, -0.2) is 4.21 Å². The Morgan fingerprint density at radius 1 is 1.47 bits per heavy atom. The maximum absolute atomic E-state index is 10.7. The van der Waals surface area contributed by atoms with E-state index in [0.29, 0.717) is 11.3 Å². The van der Waals surface area contributed by atoms with E-state index in [4.69, 9.17) is 15.5 Å². The summed E-state index contributed by atoms with van der Waals surface area (Å²) in [6.45, 7) is 0. The number of oxime groups is 1. The summed E-state index contributed by atoms with van der Waals surface area (Å²) < 4.78 is 20.7. The van der Waals surface area contributed by atoms with E-state index in [0.717, 1.165) is 0 Å². The molecule has 0 spiro atoms. The molecule has 82 valence electrons. The van der Waals surface area contributed by atoms with Crippen LogP contribution >= 0.6 is 0 Å². The van der Waals surface area contributed by atoms with Gasteiger partial charge in [-0.1, -0.05) is 5.16 Å². The fourth-order valence-corrected chi connectivity index (χ4v) is 1.29. The molecule has 1 aromatic rings. The lowest BCUT2D eigenvalue weighted by Crippen LogP contribution is -2.19. The molecule has 15 heavy (non-hydrogen) atoms. The zero-order chi connectivity index (χ0) is 11.4. The largest absolute Gasteiger partial charge is 0.409 e. The van der Waals surface area contributed by atoms with Gasteiger partial charge in [-0.2, -0.15) is 0 Å². The van der Waals surface area contributed by atoms with Crippen molar-refractivity contribution in [2.45, 2.75) is 0 Å². The minimum absolute atomic E-state index is 0.00526. The first-order valence-corrected chi connectivity index (χ1v) is 5.05. The van der Waals surface area contributed by atoms with E-state index in [-0.39, 0.29) is 5.84 Å². The van der Waals surface area contributed by atoms with E-state index < -0.39 is 11.3 Å². The predicted octanol–water partition coefficient (Wildman–Crippen LogP) is 0.354. The zero-order valence-corrected chi connectivity index (χ0v) is 8.81. The molecule has 6 nitrogen and oxygen atoms in total. The molecule has 1 rings (SSSR count). The van der Waals surface area contributed by atoms with Gasteiger partial charge in [-0.3, -0.25) is 8.86 Å². The molecule has 0 aromatic heterocycles. The van der Waals surface area contributed by atoms with Crippen LogP contribution in [0.4, 0.5) is 5.69 Å². The minimum atomic E-state index is -2.06. The average Bonchev–Trinajstić information content (AvgIpc) is 2.27. The molecule has 1 unspecified atom stereocenters. The first kappa shape index (κ1) is 11.5. The number of anilines is 1. The molecule has 0 aliphatic rings. The number of amidine groups is 1. The second-order valence-electron chi connectivity index (χ2n) is 2.76. The molecule has 0 aliphatic heterocycles. The molecule has 7 heteroatoms. The van der Waals surface area contributed by atoms with Gasteiger partial charge in [0.2, 0.25) is 0 Å². The van der Waals surface area contributed by atoms with Crippen molar-refractivity contribution in [2.24, 2.45) is 10.9 Å². The van der Waals surface area contributed by atoms with Gasteiger partial charge in [0.25, 0.3) is 11.3 Å². The second-order valence-corrected chi connectivity index (χ2v) is 3.77. The average molecular weight is 229 g/mol. The summed E-state index contributed by atoms with van der Waals surface area (Å²) in [6, 6.07) is 6.38. The summed E-state index contributed by atoms with van der Waals surface area (Å²) in [5, 5.41) is 11.3. The Balaban J connectivity index is 2.95. The van der Waals surface area contributed by atoms with Gasteiger partial charge in [-0.15, -0.1) is 0 Å². The molecule has 0 saturated carbocycles. The molecule has 0 fully saturated rings. The fraction of sp³-hybridized carbons (Fsp3) is 0.125. The number of rotatable bonds is 3. The van der Waals surface area contributed by atoms with E-state index in [1.165, 1.54) is 11.4 Å². The van der Waals surface area contributed by atoms with E-state index in [2.05, 4.69) is 5.16 Å². The van der Waals surface area contributed by atoms with Gasteiger partial charge >= 0.3 is 0 Å². The summed E-state index contributed by atoms with van der Waals surface area (Å²) in [5.74, 6) is -0.00526. The molecule has 0 amide bonds. The maximum atomic E-state index is 10.7. The minimum Gasteiger partial charge on any atom is -0.409 e. The maximum Gasteiger partial charge on any atom is 0.261 e. The van der Waals surface area contributed by atoms with Crippen molar-refractivity contribution >= 4 is 22.8 Å². The predicted molar refractivity (Wildman–Crippen MR) is 58.1 cm³/mol. The van der Waals surface area contributed by atoms with Crippen LogP contribution in [-0.4, -0.2) is 26.9 Å². The third kappa shape index (κ3) is 2.67. The summed E-state index contributed by atoms with van der Waals surface area (Å²) in [4.78, 5) is 0. The Morgan fingerprint density at radius 2 is 2.00 bits per heavy atom. The van der Waals surface area contributed by atoms with Crippen LogP contribution < -0.4 is 10.0 Å². The highest BCUT2D eigenvalue weighted by atomic mass is 32.2. The molecule has 0 aliphatic carbocycles. The van der Waals surface area contributed by atoms with Crippen molar-refractivity contribution < 1.29 is 14.0 Å². The Morgan fingerprint density at radius 3 is 2.40 bits per heavy atom. The summed E-state index contributed by atoms with van der Waals surface area (Å²) in [6.07, 6.45) is 0. The Hall–Kier alpha value is -1.60. The SMILES string of the molecule is CN(c1ccc(C(N)=NO)cc1)S(=O)O. The lowest BCUT2D eigenvalue weighted by atomic mass is 10.2. The number of benzene rings is 1.